The molecule has 1 aromatic rings. The number of alkyl halides is 3. The molecule has 1 aliphatic heterocycles. The second-order valence-corrected chi connectivity index (χ2v) is 5.70. The summed E-state index contributed by atoms with van der Waals surface area (Å²) >= 11 is 0. The van der Waals surface area contributed by atoms with Crippen LogP contribution < -0.4 is 5.32 Å². The maximum absolute atomic E-state index is 12.9. The fraction of sp³-hybridized carbons (Fsp3) is 0.467. The Morgan fingerprint density at radius 3 is 2.55 bits per heavy atom. The van der Waals surface area contributed by atoms with Crippen LogP contribution in [0.2, 0.25) is 0 Å². The van der Waals surface area contributed by atoms with E-state index >= 15 is 0 Å². The van der Waals surface area contributed by atoms with Gasteiger partial charge in [0.15, 0.2) is 0 Å². The van der Waals surface area contributed by atoms with Gasteiger partial charge in [-0.25, -0.2) is 0 Å². The molecule has 0 radical (unpaired) electrons. The van der Waals surface area contributed by atoms with Gasteiger partial charge >= 0.3 is 6.18 Å². The molecule has 7 heteroatoms. The molecule has 2 amide bonds. The molecule has 1 atom stereocenters. The third kappa shape index (κ3) is 2.93. The van der Waals surface area contributed by atoms with Gasteiger partial charge in [-0.05, 0) is 25.0 Å². The van der Waals surface area contributed by atoms with Gasteiger partial charge in [0.1, 0.15) is 0 Å². The number of nitrogens with one attached hydrogen (secondary N) is 1. The average molecular weight is 312 g/mol. The zero-order valence-corrected chi connectivity index (χ0v) is 11.7. The third-order valence-corrected chi connectivity index (χ3v) is 3.96. The summed E-state index contributed by atoms with van der Waals surface area (Å²) < 4.78 is 38.8. The lowest BCUT2D eigenvalue weighted by Gasteiger charge is -2.17. The van der Waals surface area contributed by atoms with Crippen LogP contribution in [0.4, 0.5) is 13.2 Å². The predicted octanol–water partition coefficient (Wildman–Crippen LogP) is 2.20. The molecule has 0 aromatic heterocycles. The summed E-state index contributed by atoms with van der Waals surface area (Å²) in [4.78, 5) is 25.6. The summed E-state index contributed by atoms with van der Waals surface area (Å²) in [6.07, 6.45) is -2.51. The summed E-state index contributed by atoms with van der Waals surface area (Å²) in [5.41, 5.74) is -1.37. The number of carbonyl (C=O) groups excluding carboxylic acids is 2. The molecular formula is C15H15F3N2O2. The van der Waals surface area contributed by atoms with Crippen LogP contribution in [-0.4, -0.2) is 35.3 Å². The Labute approximate surface area is 125 Å². The third-order valence-electron chi connectivity index (χ3n) is 3.96. The van der Waals surface area contributed by atoms with Crippen LogP contribution in [0, 0.1) is 0 Å². The molecule has 118 valence electrons. The van der Waals surface area contributed by atoms with Gasteiger partial charge in [-0.15, -0.1) is 0 Å². The Bertz CT molecular complexity index is 611. The van der Waals surface area contributed by atoms with Gasteiger partial charge in [0, 0.05) is 19.0 Å². The summed E-state index contributed by atoms with van der Waals surface area (Å²) in [5, 5.41) is 2.55. The smallest absolute Gasteiger partial charge is 0.347 e. The van der Waals surface area contributed by atoms with Crippen LogP contribution in [-0.2, 0) is 11.0 Å². The maximum atomic E-state index is 12.9. The van der Waals surface area contributed by atoms with E-state index < -0.39 is 29.3 Å². The highest BCUT2D eigenvalue weighted by Crippen LogP contribution is 2.33. The van der Waals surface area contributed by atoms with Gasteiger partial charge in [0.2, 0.25) is 5.91 Å². The first-order chi connectivity index (χ1) is 10.4. The number of carbonyl (C=O) groups is 2. The Morgan fingerprint density at radius 2 is 1.91 bits per heavy atom. The number of hydrogen-bond donors (Lipinski definition) is 1. The molecule has 0 spiro atoms. The Balaban J connectivity index is 1.72. The normalized spacial score (nSPS) is 22.0. The van der Waals surface area contributed by atoms with Crippen molar-refractivity contribution < 1.29 is 22.8 Å². The van der Waals surface area contributed by atoms with Gasteiger partial charge in [-0.1, -0.05) is 12.1 Å². The van der Waals surface area contributed by atoms with Gasteiger partial charge in [-0.2, -0.15) is 13.2 Å². The second-order valence-electron chi connectivity index (χ2n) is 5.70. The fourth-order valence-corrected chi connectivity index (χ4v) is 2.76. The molecule has 1 aromatic carbocycles. The van der Waals surface area contributed by atoms with Crippen molar-refractivity contribution in [3.8, 4) is 0 Å². The van der Waals surface area contributed by atoms with Crippen molar-refractivity contribution in [2.45, 2.75) is 37.5 Å². The summed E-state index contributed by atoms with van der Waals surface area (Å²) in [5.74, 6) is -0.833. The Morgan fingerprint density at radius 1 is 1.23 bits per heavy atom. The van der Waals surface area contributed by atoms with Crippen molar-refractivity contribution in [1.82, 2.24) is 10.2 Å². The molecule has 1 heterocycles. The molecule has 1 saturated carbocycles. The number of benzene rings is 1. The molecule has 1 saturated heterocycles. The topological polar surface area (TPSA) is 49.4 Å². The average Bonchev–Trinajstić information content (AvgIpc) is 3.22. The monoisotopic (exact) mass is 312 g/mol. The van der Waals surface area contributed by atoms with Crippen molar-refractivity contribution in [3.63, 3.8) is 0 Å². The van der Waals surface area contributed by atoms with E-state index in [1.54, 1.807) is 4.90 Å². The summed E-state index contributed by atoms with van der Waals surface area (Å²) in [7, 11) is 0. The van der Waals surface area contributed by atoms with E-state index in [2.05, 4.69) is 5.32 Å². The van der Waals surface area contributed by atoms with Crippen LogP contribution in [0.25, 0.3) is 0 Å². The number of hydrogen-bond acceptors (Lipinski definition) is 2. The van der Waals surface area contributed by atoms with Crippen LogP contribution >= 0.6 is 0 Å². The molecular weight excluding hydrogens is 297 g/mol. The Kier molecular flexibility index (Phi) is 3.58. The van der Waals surface area contributed by atoms with E-state index in [0.29, 0.717) is 6.54 Å². The lowest BCUT2D eigenvalue weighted by Crippen LogP contribution is -2.38. The number of amides is 2. The van der Waals surface area contributed by atoms with Gasteiger partial charge in [0.05, 0.1) is 17.2 Å². The highest BCUT2D eigenvalue weighted by Gasteiger charge is 2.40. The van der Waals surface area contributed by atoms with E-state index in [1.807, 2.05) is 0 Å². The van der Waals surface area contributed by atoms with Crippen molar-refractivity contribution in [1.29, 1.82) is 0 Å². The molecule has 4 nitrogen and oxygen atoms in total. The molecule has 0 bridgehead atoms. The number of likely N-dealkylation sites (tertiary alicyclic amines) is 1. The van der Waals surface area contributed by atoms with Crippen molar-refractivity contribution in [3.05, 3.63) is 35.4 Å². The molecule has 2 aliphatic rings. The maximum Gasteiger partial charge on any atom is 0.417 e. The van der Waals surface area contributed by atoms with E-state index in [-0.39, 0.29) is 18.4 Å². The number of rotatable bonds is 3. The van der Waals surface area contributed by atoms with Crippen LogP contribution in [0.15, 0.2) is 24.3 Å². The predicted molar refractivity (Wildman–Crippen MR) is 72.1 cm³/mol. The van der Waals surface area contributed by atoms with Crippen molar-refractivity contribution in [2.75, 3.05) is 6.54 Å². The summed E-state index contributed by atoms with van der Waals surface area (Å²) in [6, 6.07) is 4.48. The Hall–Kier alpha value is -2.05. The van der Waals surface area contributed by atoms with Crippen molar-refractivity contribution in [2.24, 2.45) is 0 Å². The lowest BCUT2D eigenvalue weighted by atomic mass is 10.1. The minimum absolute atomic E-state index is 0.0445. The molecule has 2 fully saturated rings. The first-order valence-electron chi connectivity index (χ1n) is 7.13. The van der Waals surface area contributed by atoms with Crippen LogP contribution in [0.3, 0.4) is 0 Å². The molecule has 3 rings (SSSR count). The van der Waals surface area contributed by atoms with Gasteiger partial charge < -0.3 is 10.2 Å². The molecule has 0 unspecified atom stereocenters. The first kappa shape index (κ1) is 14.9. The SMILES string of the molecule is O=C(N[C@H]1CC(=O)N(C2CC2)C1)c1ccccc1C(F)(F)F. The minimum atomic E-state index is -4.58. The summed E-state index contributed by atoms with van der Waals surface area (Å²) in [6.45, 7) is 0.378. The molecule has 22 heavy (non-hydrogen) atoms. The zero-order valence-electron chi connectivity index (χ0n) is 11.7. The molecule has 1 N–H and O–H groups in total. The van der Waals surface area contributed by atoms with E-state index in [9.17, 15) is 22.8 Å². The quantitative estimate of drug-likeness (QED) is 0.930. The first-order valence-corrected chi connectivity index (χ1v) is 7.13. The zero-order chi connectivity index (χ0) is 15.9. The minimum Gasteiger partial charge on any atom is -0.347 e. The van der Waals surface area contributed by atoms with E-state index in [0.717, 1.165) is 25.0 Å². The number of halogens is 3. The number of nitrogens with zero attached hydrogens (tertiary/aromatic N) is 1. The lowest BCUT2D eigenvalue weighted by molar-refractivity contribution is -0.138. The van der Waals surface area contributed by atoms with E-state index in [1.165, 1.54) is 12.1 Å². The van der Waals surface area contributed by atoms with Crippen LogP contribution in [0.1, 0.15) is 35.2 Å². The molecule has 1 aliphatic carbocycles. The van der Waals surface area contributed by atoms with Gasteiger partial charge in [-0.3, -0.25) is 9.59 Å². The standard InChI is InChI=1S/C15H15F3N2O2/c16-15(17,18)12-4-2-1-3-11(12)14(22)19-9-7-13(21)20(8-9)10-5-6-10/h1-4,9-10H,5-8H2,(H,19,22)/t9-/m0/s1. The fourth-order valence-electron chi connectivity index (χ4n) is 2.76. The van der Waals surface area contributed by atoms with Crippen molar-refractivity contribution >= 4 is 11.8 Å². The highest BCUT2D eigenvalue weighted by atomic mass is 19.4. The highest BCUT2D eigenvalue weighted by molar-refractivity contribution is 5.96. The largest absolute Gasteiger partial charge is 0.417 e. The van der Waals surface area contributed by atoms with Gasteiger partial charge in [0.25, 0.3) is 5.91 Å². The van der Waals surface area contributed by atoms with Crippen LogP contribution in [0.5, 0.6) is 0 Å². The van der Waals surface area contributed by atoms with E-state index in [4.69, 9.17) is 0 Å². The second kappa shape index (κ2) is 5.30.